The molecule has 2 rings (SSSR count). The first-order valence-electron chi connectivity index (χ1n) is 5.26. The van der Waals surface area contributed by atoms with Gasteiger partial charge >= 0.3 is 0 Å². The number of hydrogen-bond donors (Lipinski definition) is 2. The Morgan fingerprint density at radius 2 is 2.06 bits per heavy atom. The Labute approximate surface area is 110 Å². The average Bonchev–Trinajstić information content (AvgIpc) is 2.83. The third-order valence-corrected chi connectivity index (χ3v) is 3.93. The molecule has 2 aromatic rings. The summed E-state index contributed by atoms with van der Waals surface area (Å²) in [6.07, 6.45) is 1.38. The zero-order chi connectivity index (χ0) is 13.2. The third-order valence-electron chi connectivity index (χ3n) is 2.40. The summed E-state index contributed by atoms with van der Waals surface area (Å²) in [5.74, 6) is 0. The monoisotopic (exact) mass is 285 g/mol. The number of sulfonamides is 1. The third kappa shape index (κ3) is 2.65. The molecule has 0 fully saturated rings. The van der Waals surface area contributed by atoms with Crippen molar-refractivity contribution in [3.63, 3.8) is 0 Å². The van der Waals surface area contributed by atoms with E-state index in [-0.39, 0.29) is 10.4 Å². The van der Waals surface area contributed by atoms with E-state index in [1.54, 1.807) is 25.1 Å². The second-order valence-electron chi connectivity index (χ2n) is 3.73. The molecule has 1 unspecified atom stereocenters. The quantitative estimate of drug-likeness (QED) is 0.848. The molecular formula is C11H12ClN3O2S. The highest BCUT2D eigenvalue weighted by Gasteiger charge is 2.18. The number of aromatic amines is 1. The van der Waals surface area contributed by atoms with Gasteiger partial charge in [0.05, 0.1) is 17.3 Å². The summed E-state index contributed by atoms with van der Waals surface area (Å²) < 4.78 is 26.5. The number of H-pyrrole nitrogens is 1. The smallest absolute Gasteiger partial charge is 0.278 e. The van der Waals surface area contributed by atoms with Crippen LogP contribution in [0, 0.1) is 0 Å². The molecule has 2 N–H and O–H groups in total. The van der Waals surface area contributed by atoms with Crippen molar-refractivity contribution in [1.29, 1.82) is 0 Å². The van der Waals surface area contributed by atoms with E-state index >= 15 is 0 Å². The van der Waals surface area contributed by atoms with Gasteiger partial charge in [-0.2, -0.15) is 13.5 Å². The van der Waals surface area contributed by atoms with E-state index in [9.17, 15) is 8.42 Å². The van der Waals surface area contributed by atoms with Gasteiger partial charge in [0.15, 0.2) is 5.03 Å². The molecule has 1 heterocycles. The Kier molecular flexibility index (Phi) is 3.58. The first-order chi connectivity index (χ1) is 8.50. The number of nitrogens with one attached hydrogen (secondary N) is 2. The van der Waals surface area contributed by atoms with Crippen LogP contribution in [-0.4, -0.2) is 18.6 Å². The van der Waals surface area contributed by atoms with Crippen molar-refractivity contribution in [3.05, 3.63) is 42.1 Å². The van der Waals surface area contributed by atoms with Gasteiger partial charge in [-0.3, -0.25) is 9.82 Å². The lowest BCUT2D eigenvalue weighted by atomic mass is 10.1. The number of hydrogen-bond acceptors (Lipinski definition) is 3. The number of rotatable bonds is 4. The summed E-state index contributed by atoms with van der Waals surface area (Å²) in [7, 11) is -3.65. The van der Waals surface area contributed by atoms with E-state index in [4.69, 9.17) is 11.6 Å². The molecule has 0 amide bonds. The number of alkyl halides is 1. The summed E-state index contributed by atoms with van der Waals surface area (Å²) in [5.41, 5.74) is 1.19. The number of anilines is 1. The molecule has 18 heavy (non-hydrogen) atoms. The Hall–Kier alpha value is -1.53. The Morgan fingerprint density at radius 1 is 1.33 bits per heavy atom. The predicted molar refractivity (Wildman–Crippen MR) is 70.1 cm³/mol. The molecule has 0 aliphatic heterocycles. The van der Waals surface area contributed by atoms with Gasteiger partial charge in [-0.1, -0.05) is 18.2 Å². The maximum absolute atomic E-state index is 12.0. The molecule has 0 aliphatic rings. The van der Waals surface area contributed by atoms with E-state index in [1.165, 1.54) is 12.3 Å². The highest BCUT2D eigenvalue weighted by molar-refractivity contribution is 7.92. The van der Waals surface area contributed by atoms with Crippen molar-refractivity contribution in [3.8, 4) is 0 Å². The molecule has 1 aromatic heterocycles. The van der Waals surface area contributed by atoms with Crippen LogP contribution in [0.2, 0.25) is 0 Å². The van der Waals surface area contributed by atoms with Crippen molar-refractivity contribution in [1.82, 2.24) is 10.2 Å². The molecule has 0 aliphatic carbocycles. The molecule has 0 saturated heterocycles. The van der Waals surface area contributed by atoms with Crippen LogP contribution in [0.15, 0.2) is 41.6 Å². The van der Waals surface area contributed by atoms with Gasteiger partial charge in [-0.15, -0.1) is 11.6 Å². The van der Waals surface area contributed by atoms with Crippen molar-refractivity contribution in [2.75, 3.05) is 4.72 Å². The van der Waals surface area contributed by atoms with Gasteiger partial charge in [0.2, 0.25) is 0 Å². The molecular weight excluding hydrogens is 274 g/mol. The summed E-state index contributed by atoms with van der Waals surface area (Å²) in [4.78, 5) is 0. The fourth-order valence-corrected chi connectivity index (χ4v) is 2.72. The standard InChI is InChI=1S/C11H12ClN3O2S/c1-8(12)9-4-2-3-5-10(9)15-18(16,17)11-6-7-13-14-11/h2-8,15H,1H3,(H,13,14). The lowest BCUT2D eigenvalue weighted by Gasteiger charge is -2.12. The fraction of sp³-hybridized carbons (Fsp3) is 0.182. The Bertz CT molecular complexity index is 623. The van der Waals surface area contributed by atoms with Gasteiger partial charge in [0, 0.05) is 0 Å². The SMILES string of the molecule is CC(Cl)c1ccccc1NS(=O)(=O)c1ccn[nH]1. The first kappa shape index (κ1) is 12.9. The van der Waals surface area contributed by atoms with E-state index < -0.39 is 10.0 Å². The van der Waals surface area contributed by atoms with Gasteiger partial charge in [-0.05, 0) is 24.6 Å². The normalized spacial score (nSPS) is 13.2. The molecule has 5 nitrogen and oxygen atoms in total. The van der Waals surface area contributed by atoms with Crippen molar-refractivity contribution in [2.24, 2.45) is 0 Å². The van der Waals surface area contributed by atoms with Gasteiger partial charge < -0.3 is 0 Å². The van der Waals surface area contributed by atoms with Crippen molar-refractivity contribution >= 4 is 27.3 Å². The summed E-state index contributed by atoms with van der Waals surface area (Å²) in [5, 5.41) is 5.76. The second-order valence-corrected chi connectivity index (χ2v) is 6.04. The number of aromatic nitrogens is 2. The van der Waals surface area contributed by atoms with E-state index in [1.807, 2.05) is 6.07 Å². The number of benzene rings is 1. The van der Waals surface area contributed by atoms with Crippen LogP contribution in [0.3, 0.4) is 0 Å². The molecule has 1 aromatic carbocycles. The maximum Gasteiger partial charge on any atom is 0.278 e. The zero-order valence-electron chi connectivity index (χ0n) is 9.59. The lowest BCUT2D eigenvalue weighted by Crippen LogP contribution is -2.14. The molecule has 0 spiro atoms. The highest BCUT2D eigenvalue weighted by atomic mass is 35.5. The van der Waals surface area contributed by atoms with Gasteiger partial charge in [-0.25, -0.2) is 0 Å². The van der Waals surface area contributed by atoms with Crippen LogP contribution in [0.5, 0.6) is 0 Å². The molecule has 0 radical (unpaired) electrons. The largest absolute Gasteiger partial charge is 0.278 e. The first-order valence-corrected chi connectivity index (χ1v) is 7.18. The lowest BCUT2D eigenvalue weighted by molar-refractivity contribution is 0.597. The fourth-order valence-electron chi connectivity index (χ4n) is 1.53. The van der Waals surface area contributed by atoms with Crippen LogP contribution in [-0.2, 0) is 10.0 Å². The molecule has 7 heteroatoms. The molecule has 0 bridgehead atoms. The van der Waals surface area contributed by atoms with E-state index in [2.05, 4.69) is 14.9 Å². The van der Waals surface area contributed by atoms with Crippen LogP contribution >= 0.6 is 11.6 Å². The van der Waals surface area contributed by atoms with Crippen molar-refractivity contribution < 1.29 is 8.42 Å². The van der Waals surface area contributed by atoms with Crippen LogP contribution in [0.4, 0.5) is 5.69 Å². The number of nitrogens with zero attached hydrogens (tertiary/aromatic N) is 1. The van der Waals surface area contributed by atoms with E-state index in [0.29, 0.717) is 5.69 Å². The molecule has 96 valence electrons. The minimum atomic E-state index is -3.65. The Balaban J connectivity index is 2.36. The van der Waals surface area contributed by atoms with Gasteiger partial charge in [0.25, 0.3) is 10.0 Å². The van der Waals surface area contributed by atoms with Crippen LogP contribution in [0.1, 0.15) is 17.9 Å². The maximum atomic E-state index is 12.0. The predicted octanol–water partition coefficient (Wildman–Crippen LogP) is 2.51. The summed E-state index contributed by atoms with van der Waals surface area (Å²) >= 11 is 6.01. The Morgan fingerprint density at radius 3 is 2.67 bits per heavy atom. The number of halogens is 1. The van der Waals surface area contributed by atoms with E-state index in [0.717, 1.165) is 5.56 Å². The van der Waals surface area contributed by atoms with Crippen LogP contribution < -0.4 is 4.72 Å². The second kappa shape index (κ2) is 4.99. The highest BCUT2D eigenvalue weighted by Crippen LogP contribution is 2.28. The zero-order valence-corrected chi connectivity index (χ0v) is 11.2. The van der Waals surface area contributed by atoms with Crippen molar-refractivity contribution in [2.45, 2.75) is 17.3 Å². The molecule has 0 saturated carbocycles. The number of para-hydroxylation sites is 1. The minimum Gasteiger partial charge on any atom is -0.278 e. The topological polar surface area (TPSA) is 74.8 Å². The summed E-state index contributed by atoms with van der Waals surface area (Å²) in [6, 6.07) is 8.38. The van der Waals surface area contributed by atoms with Crippen LogP contribution in [0.25, 0.3) is 0 Å². The summed E-state index contributed by atoms with van der Waals surface area (Å²) in [6.45, 7) is 1.78. The minimum absolute atomic E-state index is 0.0135. The average molecular weight is 286 g/mol. The van der Waals surface area contributed by atoms with Gasteiger partial charge in [0.1, 0.15) is 0 Å². The molecule has 1 atom stereocenters.